The third-order valence-electron chi connectivity index (χ3n) is 1.62. The normalized spacial score (nSPS) is 11.1. The van der Waals surface area contributed by atoms with Gasteiger partial charge in [0.2, 0.25) is 0 Å². The molecule has 0 atom stereocenters. The van der Waals surface area contributed by atoms with Crippen molar-refractivity contribution in [3.8, 4) is 0 Å². The monoisotopic (exact) mass is 232 g/mol. The fourth-order valence-corrected chi connectivity index (χ4v) is 1.58. The lowest BCUT2D eigenvalue weighted by Gasteiger charge is -2.19. The topological polar surface area (TPSA) is 27.7 Å². The lowest BCUT2D eigenvalue weighted by atomic mass is 10.3. The third kappa shape index (κ3) is 7.45. The SMILES string of the molecule is CCOC(OCC)=C(C)CO[Si](C)(C)C. The van der Waals surface area contributed by atoms with Crippen molar-refractivity contribution in [3.63, 3.8) is 0 Å². The third-order valence-corrected chi connectivity index (χ3v) is 2.63. The van der Waals surface area contributed by atoms with E-state index >= 15 is 0 Å². The van der Waals surface area contributed by atoms with Gasteiger partial charge in [-0.2, -0.15) is 0 Å². The van der Waals surface area contributed by atoms with E-state index in [-0.39, 0.29) is 0 Å². The van der Waals surface area contributed by atoms with Gasteiger partial charge in [-0.3, -0.25) is 0 Å². The van der Waals surface area contributed by atoms with Crippen LogP contribution < -0.4 is 0 Å². The molecule has 15 heavy (non-hydrogen) atoms. The molecular formula is C11H24O3Si. The molecule has 0 aliphatic rings. The summed E-state index contributed by atoms with van der Waals surface area (Å²) in [7, 11) is -1.46. The Labute approximate surface area is 94.5 Å². The highest BCUT2D eigenvalue weighted by atomic mass is 28.4. The lowest BCUT2D eigenvalue weighted by molar-refractivity contribution is 0.0403. The van der Waals surface area contributed by atoms with Crippen molar-refractivity contribution >= 4 is 8.32 Å². The molecule has 0 fully saturated rings. The zero-order chi connectivity index (χ0) is 11.9. The van der Waals surface area contributed by atoms with Gasteiger partial charge in [0.1, 0.15) is 0 Å². The van der Waals surface area contributed by atoms with Gasteiger partial charge in [-0.15, -0.1) is 0 Å². The van der Waals surface area contributed by atoms with E-state index in [0.717, 1.165) is 5.57 Å². The van der Waals surface area contributed by atoms with Gasteiger partial charge in [-0.25, -0.2) is 0 Å². The number of hydrogen-bond acceptors (Lipinski definition) is 3. The molecule has 0 rings (SSSR count). The summed E-state index contributed by atoms with van der Waals surface area (Å²) in [5.41, 5.74) is 1.03. The Morgan fingerprint density at radius 1 is 1.00 bits per heavy atom. The minimum absolute atomic E-state index is 0.602. The number of rotatable bonds is 7. The molecule has 3 nitrogen and oxygen atoms in total. The van der Waals surface area contributed by atoms with Crippen molar-refractivity contribution < 1.29 is 13.9 Å². The summed E-state index contributed by atoms with van der Waals surface area (Å²) in [6.45, 7) is 14.2. The molecule has 0 aromatic rings. The Balaban J connectivity index is 4.29. The van der Waals surface area contributed by atoms with Crippen LogP contribution in [0.4, 0.5) is 0 Å². The fraction of sp³-hybridized carbons (Fsp3) is 0.818. The van der Waals surface area contributed by atoms with Crippen molar-refractivity contribution in [2.75, 3.05) is 19.8 Å². The van der Waals surface area contributed by atoms with E-state index in [0.29, 0.717) is 25.8 Å². The highest BCUT2D eigenvalue weighted by Gasteiger charge is 2.15. The van der Waals surface area contributed by atoms with Crippen LogP contribution >= 0.6 is 0 Å². The van der Waals surface area contributed by atoms with Crippen LogP contribution in [0.15, 0.2) is 11.5 Å². The van der Waals surface area contributed by atoms with Crippen LogP contribution in [0.2, 0.25) is 19.6 Å². The molecule has 0 saturated carbocycles. The molecule has 0 radical (unpaired) electrons. The molecule has 0 amide bonds. The highest BCUT2D eigenvalue weighted by Crippen LogP contribution is 2.11. The van der Waals surface area contributed by atoms with E-state index in [1.165, 1.54) is 0 Å². The van der Waals surface area contributed by atoms with Gasteiger partial charge in [-0.05, 0) is 40.4 Å². The van der Waals surface area contributed by atoms with Crippen LogP contribution in [-0.4, -0.2) is 28.1 Å². The van der Waals surface area contributed by atoms with Crippen LogP contribution in [0.25, 0.3) is 0 Å². The van der Waals surface area contributed by atoms with Gasteiger partial charge in [0, 0.05) is 5.57 Å². The average Bonchev–Trinajstić information content (AvgIpc) is 2.13. The summed E-state index contributed by atoms with van der Waals surface area (Å²) in [5, 5.41) is 0. The predicted molar refractivity (Wildman–Crippen MR) is 65.3 cm³/mol. The molecule has 4 heteroatoms. The molecule has 0 aromatic heterocycles. The minimum atomic E-state index is -1.46. The average molecular weight is 232 g/mol. The smallest absolute Gasteiger partial charge is 0.280 e. The second-order valence-electron chi connectivity index (χ2n) is 4.33. The van der Waals surface area contributed by atoms with Gasteiger partial charge in [-0.1, -0.05) is 0 Å². The largest absolute Gasteiger partial charge is 0.466 e. The Hall–Kier alpha value is -0.483. The standard InChI is InChI=1S/C11H24O3Si/c1-7-12-11(13-8-2)10(3)9-14-15(4,5)6/h7-9H2,1-6H3. The summed E-state index contributed by atoms with van der Waals surface area (Å²) in [4.78, 5) is 0. The van der Waals surface area contributed by atoms with Crippen molar-refractivity contribution in [1.82, 2.24) is 0 Å². The zero-order valence-corrected chi connectivity index (χ0v) is 11.8. The zero-order valence-electron chi connectivity index (χ0n) is 10.8. The van der Waals surface area contributed by atoms with Gasteiger partial charge in [0.25, 0.3) is 5.95 Å². The molecule has 0 N–H and O–H groups in total. The Morgan fingerprint density at radius 3 is 1.80 bits per heavy atom. The molecule has 0 spiro atoms. The first kappa shape index (κ1) is 14.5. The summed E-state index contributed by atoms with van der Waals surface area (Å²) in [6, 6.07) is 0. The van der Waals surface area contributed by atoms with Crippen molar-refractivity contribution in [1.29, 1.82) is 0 Å². The molecule has 0 unspecified atom stereocenters. The van der Waals surface area contributed by atoms with Crippen LogP contribution in [0.1, 0.15) is 20.8 Å². The van der Waals surface area contributed by atoms with Gasteiger partial charge >= 0.3 is 0 Å². The Morgan fingerprint density at radius 2 is 1.47 bits per heavy atom. The first-order valence-electron chi connectivity index (χ1n) is 5.50. The van der Waals surface area contributed by atoms with Crippen LogP contribution in [0.3, 0.4) is 0 Å². The summed E-state index contributed by atoms with van der Waals surface area (Å²) in [5.74, 6) is 0.623. The molecule has 0 aromatic carbocycles. The summed E-state index contributed by atoms with van der Waals surface area (Å²) in [6.07, 6.45) is 0. The summed E-state index contributed by atoms with van der Waals surface area (Å²) < 4.78 is 16.6. The first-order chi connectivity index (χ1) is 6.90. The molecule has 0 aliphatic carbocycles. The first-order valence-corrected chi connectivity index (χ1v) is 8.90. The van der Waals surface area contributed by atoms with E-state index in [2.05, 4.69) is 19.6 Å². The molecule has 0 heterocycles. The number of ether oxygens (including phenoxy) is 2. The second kappa shape index (κ2) is 6.90. The van der Waals surface area contributed by atoms with Crippen molar-refractivity contribution in [2.24, 2.45) is 0 Å². The van der Waals surface area contributed by atoms with Gasteiger partial charge in [0.05, 0.1) is 19.8 Å². The van der Waals surface area contributed by atoms with Crippen LogP contribution in [0.5, 0.6) is 0 Å². The van der Waals surface area contributed by atoms with E-state index in [9.17, 15) is 0 Å². The van der Waals surface area contributed by atoms with E-state index in [1.54, 1.807) is 0 Å². The maximum atomic E-state index is 5.79. The molecule has 90 valence electrons. The Kier molecular flexibility index (Phi) is 6.68. The second-order valence-corrected chi connectivity index (χ2v) is 8.85. The van der Waals surface area contributed by atoms with E-state index < -0.39 is 8.32 Å². The van der Waals surface area contributed by atoms with Gasteiger partial charge in [0.15, 0.2) is 8.32 Å². The molecule has 0 saturated heterocycles. The maximum absolute atomic E-state index is 5.79. The van der Waals surface area contributed by atoms with E-state index in [1.807, 2.05) is 20.8 Å². The summed E-state index contributed by atoms with van der Waals surface area (Å²) >= 11 is 0. The minimum Gasteiger partial charge on any atom is -0.466 e. The highest BCUT2D eigenvalue weighted by molar-refractivity contribution is 6.69. The quantitative estimate of drug-likeness (QED) is 0.498. The van der Waals surface area contributed by atoms with E-state index in [4.69, 9.17) is 13.9 Å². The van der Waals surface area contributed by atoms with Crippen LogP contribution in [-0.2, 0) is 13.9 Å². The molecular weight excluding hydrogens is 208 g/mol. The Bertz CT molecular complexity index is 198. The van der Waals surface area contributed by atoms with Gasteiger partial charge < -0.3 is 13.9 Å². The molecule has 0 bridgehead atoms. The maximum Gasteiger partial charge on any atom is 0.280 e. The van der Waals surface area contributed by atoms with Crippen molar-refractivity contribution in [3.05, 3.63) is 11.5 Å². The molecule has 0 aliphatic heterocycles. The number of hydrogen-bond donors (Lipinski definition) is 0. The predicted octanol–water partition coefficient (Wildman–Crippen LogP) is 3.14. The fourth-order valence-electron chi connectivity index (χ4n) is 0.934. The van der Waals surface area contributed by atoms with Crippen molar-refractivity contribution in [2.45, 2.75) is 40.4 Å². The lowest BCUT2D eigenvalue weighted by Crippen LogP contribution is -2.26. The van der Waals surface area contributed by atoms with Crippen LogP contribution in [0, 0.1) is 0 Å².